The topological polar surface area (TPSA) is 156 Å². The van der Waals surface area contributed by atoms with Crippen LogP contribution in [0, 0.1) is 170 Å². The zero-order valence-corrected chi connectivity index (χ0v) is 79.1. The maximum atomic E-state index is 14.7. The summed E-state index contributed by atoms with van der Waals surface area (Å²) in [4.78, 5) is 126. The Morgan fingerprint density at radius 2 is 0.610 bits per heavy atom. The molecule has 13 nitrogen and oxygen atoms in total. The Kier molecular flexibility index (Phi) is 23.9. The van der Waals surface area contributed by atoms with E-state index < -0.39 is 32.5 Å². The van der Waals surface area contributed by atoms with Crippen LogP contribution in [0.15, 0.2) is 70.3 Å². The smallest absolute Gasteiger partial charge is 0.226 e. The average molecular weight is 1680 g/mol. The highest BCUT2D eigenvalue weighted by atomic mass is 16.2. The lowest BCUT2D eigenvalue weighted by Gasteiger charge is -2.69. The standard InChI is InChI=1S/2C38H54N2O3.C32H45NO2.2CH4/c2*1-33(2)16-18-38(15-13-30(42)40-20-10-9-11-21-40)19-17-37(7)31(25(38)23-33)27(41)22-29-35(5)24-26(39-8)32(43)34(3,4)28(35)12-14-36(29,37)6;1-10-32-15-13-27(2,3)18-20(32)25-22(34)17-24-29(6)19-21(33-9)26(35)28(4,5)23(29)11-12-30(24,7)31(25,8)14-16-32;;/h2*22,24-25,28,31H,9-21,23H2,1-7H3;17,19-20,23,25H,10-16,18H2,1-8H3;2*1H4/t2*25-,28-,31-,35-,36+,37+,38+;20-,23-,25-,29-,30+,31+,32+;;/m000../s1. The van der Waals surface area contributed by atoms with Gasteiger partial charge in [0.05, 0.1) is 19.7 Å². The molecular formula is C110H161N5O8. The molecule has 0 spiro atoms. The molecule has 17 aliphatic rings. The van der Waals surface area contributed by atoms with Crippen LogP contribution in [0.2, 0.25) is 0 Å². The van der Waals surface area contributed by atoms with Crippen molar-refractivity contribution < 1.29 is 38.4 Å². The summed E-state index contributed by atoms with van der Waals surface area (Å²) in [5.74, 6) is 2.59. The van der Waals surface area contributed by atoms with Gasteiger partial charge in [-0.25, -0.2) is 14.5 Å². The molecule has 0 aromatic carbocycles. The zero-order valence-electron chi connectivity index (χ0n) is 79.1. The number of nitrogens with zero attached hydrogens (tertiary/aromatic N) is 5. The minimum absolute atomic E-state index is 0. The van der Waals surface area contributed by atoms with Gasteiger partial charge in [-0.05, 0) is 305 Å². The summed E-state index contributed by atoms with van der Waals surface area (Å²) < 4.78 is 0. The molecule has 123 heavy (non-hydrogen) atoms. The quantitative estimate of drug-likeness (QED) is 0.228. The van der Waals surface area contributed by atoms with E-state index in [4.69, 9.17) is 19.7 Å². The second kappa shape index (κ2) is 31.1. The number of likely N-dealkylation sites (tertiary alicyclic amines) is 2. The minimum Gasteiger partial charge on any atom is -0.343 e. The lowest BCUT2D eigenvalue weighted by Crippen LogP contribution is -2.64. The third kappa shape index (κ3) is 13.8. The van der Waals surface area contributed by atoms with E-state index in [0.29, 0.717) is 41.8 Å². The monoisotopic (exact) mass is 1680 g/mol. The summed E-state index contributed by atoms with van der Waals surface area (Å²) in [5.41, 5.74) is 1.10. The van der Waals surface area contributed by atoms with Gasteiger partial charge >= 0.3 is 0 Å². The number of Topliss-reactive ketones (excluding diaryl/α,β-unsaturated/α-hetero) is 3. The Balaban J connectivity index is 0.000000158. The minimum atomic E-state index is -0.637. The fourth-order valence-corrected chi connectivity index (χ4v) is 33.9. The predicted molar refractivity (Wildman–Crippen MR) is 493 cm³/mol. The van der Waals surface area contributed by atoms with Crippen molar-refractivity contribution in [3.05, 3.63) is 105 Å². The Morgan fingerprint density at radius 3 is 0.878 bits per heavy atom. The number of carbonyl (C=O) groups excluding carboxylic acids is 8. The highest BCUT2D eigenvalue weighted by Gasteiger charge is 2.75. The molecule has 0 aromatic heterocycles. The summed E-state index contributed by atoms with van der Waals surface area (Å²) in [6.45, 7) is 76.9. The number of fused-ring (bicyclic) bond motifs is 21. The summed E-state index contributed by atoms with van der Waals surface area (Å²) in [6.07, 6.45) is 45.6. The van der Waals surface area contributed by atoms with Crippen molar-refractivity contribution in [1.82, 2.24) is 9.80 Å². The van der Waals surface area contributed by atoms with Crippen LogP contribution in [-0.4, -0.2) is 82.5 Å². The van der Waals surface area contributed by atoms with Crippen LogP contribution in [0.3, 0.4) is 0 Å². The van der Waals surface area contributed by atoms with Gasteiger partial charge < -0.3 is 24.2 Å². The Labute approximate surface area is 744 Å². The lowest BCUT2D eigenvalue weighted by atomic mass is 9.34. The molecule has 0 N–H and O–H groups in total. The number of hydrogen-bond donors (Lipinski definition) is 0. The second-order valence-electron chi connectivity index (χ2n) is 50.0. The van der Waals surface area contributed by atoms with E-state index in [9.17, 15) is 38.4 Å². The molecule has 2 aliphatic heterocycles. The van der Waals surface area contributed by atoms with Crippen molar-refractivity contribution in [3.63, 3.8) is 0 Å². The van der Waals surface area contributed by atoms with Crippen LogP contribution in [-0.2, 0) is 38.4 Å². The molecular weight excluding hydrogens is 1520 g/mol. The van der Waals surface area contributed by atoms with Gasteiger partial charge in [0, 0.05) is 89.3 Å². The molecule has 15 aliphatic carbocycles. The largest absolute Gasteiger partial charge is 0.343 e. The highest BCUT2D eigenvalue weighted by Crippen LogP contribution is 2.80. The van der Waals surface area contributed by atoms with Gasteiger partial charge in [0.25, 0.3) is 0 Å². The summed E-state index contributed by atoms with van der Waals surface area (Å²) in [6, 6.07) is 0. The first-order valence-electron chi connectivity index (χ1n) is 48.5. The van der Waals surface area contributed by atoms with Crippen molar-refractivity contribution in [2.24, 2.45) is 151 Å². The first-order valence-corrected chi connectivity index (χ1v) is 48.5. The number of allylic oxidation sites excluding steroid dienone is 12. The maximum Gasteiger partial charge on any atom is 0.226 e. The number of amides is 2. The predicted octanol–water partition coefficient (Wildman–Crippen LogP) is 25.9. The summed E-state index contributed by atoms with van der Waals surface area (Å²) in [7, 11) is 0. The SMILES string of the molecule is C.C.[C-]#[N+]C1=C[C@]2(C)C3=CC(=O)[C@@H]4[C@@H]5CC(C)(C)CC[C@]5(CC)CC[C@@]4(C)[C@]3(C)CC[C@H]2C(C)(C)C1=O.[C-]#[N+]C1=C[C@]2(C)C3=CC(=O)[C@@H]4[C@@H]5CC(C)(C)CC[C@]5(CCC(=O)N5CCCCC5)CC[C@@]4(C)[C@]3(C)CC[C@H]2C(C)(C)C1=O.[C-]#[N+]C1=C[C@]2(C)C3=CC(=O)[C@@H]4[C@@H]5CC(C)(C)CC[C@]5(CCC(=O)N5CCCCC5)CC[C@@]4(C)[C@]3(C)CC[C@H]2C(C)(C)C1=O. The van der Waals surface area contributed by atoms with E-state index in [0.717, 1.165) is 180 Å². The maximum absolute atomic E-state index is 14.7. The molecule has 2 saturated heterocycles. The number of rotatable bonds is 7. The fraction of sp³-hybridized carbons (Fsp3) is 0.791. The molecule has 0 unspecified atom stereocenters. The first kappa shape index (κ1) is 94.5. The molecule has 2 amide bonds. The molecule has 21 atom stereocenters. The van der Waals surface area contributed by atoms with Gasteiger partial charge in [-0.15, -0.1) is 0 Å². The van der Waals surface area contributed by atoms with E-state index in [-0.39, 0.29) is 168 Å². The van der Waals surface area contributed by atoms with Gasteiger partial charge in [0.2, 0.25) is 28.9 Å². The lowest BCUT2D eigenvalue weighted by molar-refractivity contribution is -0.174. The van der Waals surface area contributed by atoms with Crippen LogP contribution < -0.4 is 0 Å². The van der Waals surface area contributed by atoms with Crippen molar-refractivity contribution >= 4 is 46.5 Å². The van der Waals surface area contributed by atoms with Crippen LogP contribution >= 0.6 is 0 Å². The number of ketones is 6. The van der Waals surface area contributed by atoms with Gasteiger partial charge in [0.15, 0.2) is 34.7 Å². The van der Waals surface area contributed by atoms with Crippen LogP contribution in [0.4, 0.5) is 0 Å². The molecule has 674 valence electrons. The second-order valence-corrected chi connectivity index (χ2v) is 50.0. The molecule has 11 fully saturated rings. The Hall–Kier alpha value is -6.13. The van der Waals surface area contributed by atoms with E-state index in [1.165, 1.54) is 55.2 Å². The van der Waals surface area contributed by atoms with Crippen LogP contribution in [0.5, 0.6) is 0 Å². The third-order valence-corrected chi connectivity index (χ3v) is 41.9. The van der Waals surface area contributed by atoms with Crippen molar-refractivity contribution in [2.75, 3.05) is 26.2 Å². The van der Waals surface area contributed by atoms with E-state index in [1.807, 2.05) is 78.0 Å². The molecule has 9 saturated carbocycles. The molecule has 13 heteroatoms. The van der Waals surface area contributed by atoms with Gasteiger partial charge in [-0.1, -0.05) is 209 Å². The highest BCUT2D eigenvalue weighted by molar-refractivity contribution is 6.05. The number of hydrogen-bond acceptors (Lipinski definition) is 8. The Bertz CT molecular complexity index is 4500. The number of piperidine rings is 2. The van der Waals surface area contributed by atoms with E-state index >= 15 is 0 Å². The van der Waals surface area contributed by atoms with Crippen LogP contribution in [0.25, 0.3) is 14.5 Å². The van der Waals surface area contributed by atoms with Gasteiger partial charge in [-0.3, -0.25) is 24.0 Å². The first-order chi connectivity index (χ1) is 56.2. The van der Waals surface area contributed by atoms with Crippen LogP contribution in [0.1, 0.15) is 373 Å². The van der Waals surface area contributed by atoms with E-state index in [1.54, 1.807) is 0 Å². The molecule has 0 radical (unpaired) electrons. The zero-order chi connectivity index (χ0) is 88.3. The normalized spacial score (nSPS) is 43.8. The molecule has 0 aromatic rings. The van der Waals surface area contributed by atoms with Gasteiger partial charge in [-0.2, -0.15) is 0 Å². The summed E-state index contributed by atoms with van der Waals surface area (Å²) in [5, 5.41) is 0. The van der Waals surface area contributed by atoms with Gasteiger partial charge in [0.1, 0.15) is 0 Å². The van der Waals surface area contributed by atoms with Crippen molar-refractivity contribution in [2.45, 2.75) is 373 Å². The van der Waals surface area contributed by atoms with Crippen molar-refractivity contribution in [3.8, 4) is 0 Å². The fourth-order valence-electron chi connectivity index (χ4n) is 33.9. The Morgan fingerprint density at radius 1 is 0.358 bits per heavy atom. The molecule has 0 bridgehead atoms. The average Bonchev–Trinajstić information content (AvgIpc) is 0.678. The van der Waals surface area contributed by atoms with E-state index in [2.05, 4.69) is 135 Å². The molecule has 2 heterocycles. The van der Waals surface area contributed by atoms with Crippen molar-refractivity contribution in [1.29, 1.82) is 0 Å². The third-order valence-electron chi connectivity index (χ3n) is 41.9. The number of carbonyl (C=O) groups is 8. The summed E-state index contributed by atoms with van der Waals surface area (Å²) >= 11 is 0. The molecule has 17 rings (SSSR count).